The number of hydrogen-bond donors (Lipinski definition) is 3. The fourth-order valence-corrected chi connectivity index (χ4v) is 5.18. The van der Waals surface area contributed by atoms with Gasteiger partial charge < -0.3 is 16.0 Å². The van der Waals surface area contributed by atoms with Crippen LogP contribution in [-0.4, -0.2) is 55.1 Å². The van der Waals surface area contributed by atoms with Crippen molar-refractivity contribution in [1.82, 2.24) is 20.9 Å². The lowest BCUT2D eigenvalue weighted by Gasteiger charge is -2.48. The zero-order valence-electron chi connectivity index (χ0n) is 16.9. The molecule has 3 aliphatic rings. The van der Waals surface area contributed by atoms with Crippen molar-refractivity contribution >= 4 is 11.9 Å². The summed E-state index contributed by atoms with van der Waals surface area (Å²) in [6, 6.07) is -0.222. The van der Waals surface area contributed by atoms with E-state index < -0.39 is 0 Å². The number of carbonyl (C=O) groups excluding carboxylic acids is 2. The van der Waals surface area contributed by atoms with Crippen molar-refractivity contribution in [2.75, 3.05) is 32.7 Å². The summed E-state index contributed by atoms with van der Waals surface area (Å²) in [7, 11) is 0. The number of carbonyl (C=O) groups is 2. The van der Waals surface area contributed by atoms with Crippen molar-refractivity contribution in [3.05, 3.63) is 0 Å². The second kappa shape index (κ2) is 10.3. The standard InChI is InChI=1S/C21H38N4O2/c26-19(16-23-20(27)22-15-18-9-3-4-10-18)24-17-21(11-5-1-6-12-21)25-13-7-2-8-14-25/h18H,1-17H2,(H,24,26)(H2,22,23,27). The zero-order valence-corrected chi connectivity index (χ0v) is 16.9. The van der Waals surface area contributed by atoms with Crippen molar-refractivity contribution in [1.29, 1.82) is 0 Å². The molecule has 0 aromatic rings. The maximum atomic E-state index is 12.3. The quantitative estimate of drug-likeness (QED) is 0.638. The Morgan fingerprint density at radius 2 is 1.48 bits per heavy atom. The van der Waals surface area contributed by atoms with Crippen LogP contribution in [0.4, 0.5) is 4.79 Å². The number of rotatable bonds is 7. The van der Waals surface area contributed by atoms with E-state index in [0.717, 1.165) is 26.2 Å². The van der Waals surface area contributed by atoms with Gasteiger partial charge in [-0.1, -0.05) is 38.5 Å². The van der Waals surface area contributed by atoms with E-state index in [9.17, 15) is 9.59 Å². The molecule has 1 aliphatic heterocycles. The molecule has 3 fully saturated rings. The molecule has 6 nitrogen and oxygen atoms in total. The lowest BCUT2D eigenvalue weighted by atomic mass is 9.79. The van der Waals surface area contributed by atoms with Crippen molar-refractivity contribution in [2.45, 2.75) is 82.6 Å². The zero-order chi connectivity index (χ0) is 19.0. The average molecular weight is 379 g/mol. The van der Waals surface area contributed by atoms with Crippen LogP contribution >= 0.6 is 0 Å². The lowest BCUT2D eigenvalue weighted by molar-refractivity contribution is -0.121. The maximum Gasteiger partial charge on any atom is 0.315 e. The summed E-state index contributed by atoms with van der Waals surface area (Å²) in [5.74, 6) is 0.535. The molecule has 2 aliphatic carbocycles. The molecule has 0 spiro atoms. The Hall–Kier alpha value is -1.30. The minimum Gasteiger partial charge on any atom is -0.353 e. The van der Waals surface area contributed by atoms with Crippen LogP contribution in [-0.2, 0) is 4.79 Å². The molecule has 0 radical (unpaired) electrons. The molecule has 0 aromatic heterocycles. The predicted octanol–water partition coefficient (Wildman–Crippen LogP) is 2.78. The summed E-state index contributed by atoms with van der Waals surface area (Å²) in [6.45, 7) is 3.84. The number of urea groups is 1. The van der Waals surface area contributed by atoms with Crippen LogP contribution in [0.25, 0.3) is 0 Å². The Morgan fingerprint density at radius 3 is 2.19 bits per heavy atom. The third-order valence-corrected chi connectivity index (χ3v) is 6.86. The molecule has 3 rings (SSSR count). The van der Waals surface area contributed by atoms with E-state index in [1.807, 2.05) is 0 Å². The highest BCUT2D eigenvalue weighted by Crippen LogP contribution is 2.35. The van der Waals surface area contributed by atoms with E-state index >= 15 is 0 Å². The van der Waals surface area contributed by atoms with Gasteiger partial charge in [-0.05, 0) is 57.5 Å². The molecular formula is C21H38N4O2. The summed E-state index contributed by atoms with van der Waals surface area (Å²) in [6.07, 6.45) is 15.0. The molecular weight excluding hydrogens is 340 g/mol. The molecule has 0 bridgehead atoms. The summed E-state index contributed by atoms with van der Waals surface area (Å²) in [5.41, 5.74) is 0.138. The Labute approximate surface area is 164 Å². The summed E-state index contributed by atoms with van der Waals surface area (Å²) < 4.78 is 0. The van der Waals surface area contributed by atoms with Gasteiger partial charge in [0.1, 0.15) is 0 Å². The highest BCUT2D eigenvalue weighted by Gasteiger charge is 2.38. The minimum atomic E-state index is -0.222. The van der Waals surface area contributed by atoms with Gasteiger partial charge in [0.25, 0.3) is 0 Å². The van der Waals surface area contributed by atoms with Gasteiger partial charge in [0, 0.05) is 18.6 Å². The number of amides is 3. The van der Waals surface area contributed by atoms with E-state index in [1.54, 1.807) is 0 Å². The highest BCUT2D eigenvalue weighted by atomic mass is 16.2. The van der Waals surface area contributed by atoms with Crippen LogP contribution in [0.1, 0.15) is 77.0 Å². The first kappa shape index (κ1) is 20.4. The second-order valence-electron chi connectivity index (χ2n) is 8.82. The number of likely N-dealkylation sites (tertiary alicyclic amines) is 1. The first-order valence-corrected chi connectivity index (χ1v) is 11.2. The number of nitrogens with zero attached hydrogens (tertiary/aromatic N) is 1. The lowest BCUT2D eigenvalue weighted by Crippen LogP contribution is -2.58. The van der Waals surface area contributed by atoms with Crippen LogP contribution in [0, 0.1) is 5.92 Å². The highest BCUT2D eigenvalue weighted by molar-refractivity contribution is 5.83. The number of nitrogens with one attached hydrogen (secondary N) is 3. The molecule has 0 atom stereocenters. The molecule has 3 amide bonds. The van der Waals surface area contributed by atoms with Crippen molar-refractivity contribution < 1.29 is 9.59 Å². The van der Waals surface area contributed by atoms with Crippen LogP contribution in [0.2, 0.25) is 0 Å². The minimum absolute atomic E-state index is 0.0621. The monoisotopic (exact) mass is 378 g/mol. The Morgan fingerprint density at radius 1 is 0.815 bits per heavy atom. The van der Waals surface area contributed by atoms with Gasteiger partial charge in [0.05, 0.1) is 6.54 Å². The molecule has 6 heteroatoms. The maximum absolute atomic E-state index is 12.3. The summed E-state index contributed by atoms with van der Waals surface area (Å²) >= 11 is 0. The Balaban J connectivity index is 1.38. The first-order valence-electron chi connectivity index (χ1n) is 11.2. The summed E-state index contributed by atoms with van der Waals surface area (Å²) in [4.78, 5) is 26.9. The number of piperidine rings is 1. The molecule has 1 saturated heterocycles. The molecule has 0 unspecified atom stereocenters. The fraction of sp³-hybridized carbons (Fsp3) is 0.905. The van der Waals surface area contributed by atoms with Gasteiger partial charge in [-0.2, -0.15) is 0 Å². The SMILES string of the molecule is O=C(CNC(=O)NCC1CCCC1)NCC1(N2CCCCC2)CCCCC1. The first-order chi connectivity index (χ1) is 13.2. The smallest absolute Gasteiger partial charge is 0.315 e. The molecule has 154 valence electrons. The molecule has 0 aromatic carbocycles. The van der Waals surface area contributed by atoms with E-state index in [0.29, 0.717) is 5.92 Å². The van der Waals surface area contributed by atoms with Gasteiger partial charge in [-0.15, -0.1) is 0 Å². The van der Waals surface area contributed by atoms with E-state index in [4.69, 9.17) is 0 Å². The molecule has 3 N–H and O–H groups in total. The normalized spacial score (nSPS) is 23.7. The van der Waals surface area contributed by atoms with Crippen molar-refractivity contribution in [2.24, 2.45) is 5.92 Å². The summed E-state index contributed by atoms with van der Waals surface area (Å²) in [5, 5.41) is 8.74. The Bertz CT molecular complexity index is 479. The van der Waals surface area contributed by atoms with E-state index in [1.165, 1.54) is 77.0 Å². The fourth-order valence-electron chi connectivity index (χ4n) is 5.18. The molecule has 2 saturated carbocycles. The van der Waals surface area contributed by atoms with Gasteiger partial charge in [0.15, 0.2) is 0 Å². The van der Waals surface area contributed by atoms with Crippen molar-refractivity contribution in [3.63, 3.8) is 0 Å². The van der Waals surface area contributed by atoms with E-state index in [2.05, 4.69) is 20.9 Å². The van der Waals surface area contributed by atoms with Gasteiger partial charge in [-0.25, -0.2) is 4.79 Å². The van der Waals surface area contributed by atoms with Crippen molar-refractivity contribution in [3.8, 4) is 0 Å². The second-order valence-corrected chi connectivity index (χ2v) is 8.82. The topological polar surface area (TPSA) is 73.5 Å². The van der Waals surface area contributed by atoms with Crippen LogP contribution in [0.15, 0.2) is 0 Å². The number of hydrogen-bond acceptors (Lipinski definition) is 3. The van der Waals surface area contributed by atoms with Gasteiger partial charge in [0.2, 0.25) is 5.91 Å². The third kappa shape index (κ3) is 6.09. The third-order valence-electron chi connectivity index (χ3n) is 6.86. The van der Waals surface area contributed by atoms with E-state index in [-0.39, 0.29) is 24.0 Å². The molecule has 1 heterocycles. The van der Waals surface area contributed by atoms with Gasteiger partial charge >= 0.3 is 6.03 Å². The van der Waals surface area contributed by atoms with Crippen LogP contribution in [0.3, 0.4) is 0 Å². The largest absolute Gasteiger partial charge is 0.353 e. The van der Waals surface area contributed by atoms with Gasteiger partial charge in [-0.3, -0.25) is 9.69 Å². The van der Waals surface area contributed by atoms with Crippen LogP contribution < -0.4 is 16.0 Å². The predicted molar refractivity (Wildman–Crippen MR) is 108 cm³/mol. The Kier molecular flexibility index (Phi) is 7.80. The average Bonchev–Trinajstić information content (AvgIpc) is 3.24. The molecule has 27 heavy (non-hydrogen) atoms. The van der Waals surface area contributed by atoms with Crippen LogP contribution in [0.5, 0.6) is 0 Å².